The van der Waals surface area contributed by atoms with E-state index in [1.54, 1.807) is 24.3 Å². The highest BCUT2D eigenvalue weighted by molar-refractivity contribution is 8.00. The van der Waals surface area contributed by atoms with Crippen LogP contribution in [0.4, 0.5) is 4.39 Å². The van der Waals surface area contributed by atoms with Gasteiger partial charge in [0.25, 0.3) is 0 Å². The van der Waals surface area contributed by atoms with Crippen LogP contribution in [-0.4, -0.2) is 20.5 Å². The molecule has 1 aromatic heterocycles. The maximum Gasteiger partial charge on any atom is 0.209 e. The normalized spacial score (nSPS) is 11.6. The Kier molecular flexibility index (Phi) is 5.49. The molecule has 0 atom stereocenters. The molecule has 0 unspecified atom stereocenters. The average molecular weight is 440 g/mol. The van der Waals surface area contributed by atoms with Crippen molar-refractivity contribution in [3.05, 3.63) is 84.3 Å². The van der Waals surface area contributed by atoms with Crippen LogP contribution in [0.3, 0.4) is 0 Å². The minimum absolute atomic E-state index is 0.111. The average Bonchev–Trinajstić information content (AvgIpc) is 2.75. The number of pyridine rings is 1. The second-order valence-corrected chi connectivity index (χ2v) is 9.71. The van der Waals surface area contributed by atoms with E-state index in [1.165, 1.54) is 49.3 Å². The summed E-state index contributed by atoms with van der Waals surface area (Å²) >= 11 is 1.28. The summed E-state index contributed by atoms with van der Waals surface area (Å²) in [6.07, 6.45) is 1.39. The molecule has 7 heteroatoms. The molecular weight excluding hydrogens is 421 g/mol. The van der Waals surface area contributed by atoms with Crippen molar-refractivity contribution in [3.63, 3.8) is 0 Å². The number of benzene rings is 3. The van der Waals surface area contributed by atoms with Gasteiger partial charge in [0.2, 0.25) is 9.84 Å². The number of nitrogens with zero attached hydrogens (tertiary/aromatic N) is 1. The van der Waals surface area contributed by atoms with Gasteiger partial charge in [0.05, 0.1) is 17.5 Å². The Bertz CT molecular complexity index is 1320. The number of aromatic nitrogens is 1. The third kappa shape index (κ3) is 3.91. The first-order chi connectivity index (χ1) is 14.4. The van der Waals surface area contributed by atoms with Gasteiger partial charge in [-0.15, -0.1) is 0 Å². The monoisotopic (exact) mass is 439 g/mol. The molecule has 0 N–H and O–H groups in total. The first kappa shape index (κ1) is 20.4. The summed E-state index contributed by atoms with van der Waals surface area (Å²) in [5.41, 5.74) is 1.68. The number of hydrogen-bond donors (Lipinski definition) is 0. The van der Waals surface area contributed by atoms with Crippen LogP contribution in [0.5, 0.6) is 5.75 Å². The maximum atomic E-state index is 13.5. The molecule has 0 aliphatic rings. The first-order valence-electron chi connectivity index (χ1n) is 9.10. The number of aryl methyl sites for hydroxylation is 1. The zero-order valence-electron chi connectivity index (χ0n) is 16.3. The summed E-state index contributed by atoms with van der Waals surface area (Å²) < 4.78 is 45.4. The summed E-state index contributed by atoms with van der Waals surface area (Å²) in [6.45, 7) is 1.94. The lowest BCUT2D eigenvalue weighted by Crippen LogP contribution is -2.05. The van der Waals surface area contributed by atoms with Crippen LogP contribution in [0.2, 0.25) is 0 Å². The van der Waals surface area contributed by atoms with Crippen molar-refractivity contribution in [3.8, 4) is 5.75 Å². The van der Waals surface area contributed by atoms with Crippen molar-refractivity contribution >= 4 is 32.5 Å². The minimum atomic E-state index is -3.84. The molecule has 0 radical (unpaired) electrons. The molecule has 0 bridgehead atoms. The van der Waals surface area contributed by atoms with Crippen molar-refractivity contribution in [1.29, 1.82) is 0 Å². The number of hydrogen-bond acceptors (Lipinski definition) is 5. The van der Waals surface area contributed by atoms with Crippen molar-refractivity contribution in [2.75, 3.05) is 7.11 Å². The Balaban J connectivity index is 1.92. The van der Waals surface area contributed by atoms with E-state index in [9.17, 15) is 12.8 Å². The van der Waals surface area contributed by atoms with E-state index in [0.29, 0.717) is 16.2 Å². The lowest BCUT2D eigenvalue weighted by molar-refractivity contribution is 0.414. The van der Waals surface area contributed by atoms with Gasteiger partial charge in [0, 0.05) is 21.4 Å². The van der Waals surface area contributed by atoms with E-state index in [0.717, 1.165) is 15.8 Å². The summed E-state index contributed by atoms with van der Waals surface area (Å²) in [5.74, 6) is 0.225. The lowest BCUT2D eigenvalue weighted by atomic mass is 10.1. The summed E-state index contributed by atoms with van der Waals surface area (Å²) in [6, 6.07) is 17.9. The zero-order chi connectivity index (χ0) is 21.3. The fourth-order valence-corrected chi connectivity index (χ4v) is 5.75. The van der Waals surface area contributed by atoms with E-state index < -0.39 is 9.84 Å². The number of fused-ring (bicyclic) bond motifs is 1. The van der Waals surface area contributed by atoms with Crippen LogP contribution in [0.1, 0.15) is 5.56 Å². The molecule has 0 fully saturated rings. The maximum absolute atomic E-state index is 13.5. The Morgan fingerprint density at radius 1 is 0.967 bits per heavy atom. The molecular formula is C23H18FNO3S2. The predicted octanol–water partition coefficient (Wildman–Crippen LogP) is 5.67. The number of ether oxygens (including phenoxy) is 1. The van der Waals surface area contributed by atoms with Gasteiger partial charge in [-0.05, 0) is 67.6 Å². The zero-order valence-corrected chi connectivity index (χ0v) is 17.9. The highest BCUT2D eigenvalue weighted by Gasteiger charge is 2.24. The Labute approximate surface area is 178 Å². The van der Waals surface area contributed by atoms with E-state index in [-0.39, 0.29) is 15.6 Å². The molecule has 1 heterocycles. The van der Waals surface area contributed by atoms with Gasteiger partial charge in [-0.25, -0.2) is 12.8 Å². The van der Waals surface area contributed by atoms with Crippen molar-refractivity contribution < 1.29 is 17.5 Å². The highest BCUT2D eigenvalue weighted by Crippen LogP contribution is 2.40. The van der Waals surface area contributed by atoms with E-state index in [4.69, 9.17) is 4.74 Å². The van der Waals surface area contributed by atoms with Crippen molar-refractivity contribution in [2.45, 2.75) is 26.5 Å². The molecule has 0 amide bonds. The van der Waals surface area contributed by atoms with Gasteiger partial charge >= 0.3 is 0 Å². The molecule has 0 saturated carbocycles. The Morgan fingerprint density at radius 2 is 1.67 bits per heavy atom. The smallest absolute Gasteiger partial charge is 0.209 e. The Hall–Kier alpha value is -2.90. The SMILES string of the molecule is COc1ccc(S(=O)(=O)c2cnc3ccc(C)cc3c2Sc2ccc(F)cc2)cc1. The summed E-state index contributed by atoms with van der Waals surface area (Å²) in [7, 11) is -2.32. The van der Waals surface area contributed by atoms with E-state index in [2.05, 4.69) is 4.98 Å². The molecule has 4 aromatic rings. The molecule has 0 aliphatic heterocycles. The molecule has 4 nitrogen and oxygen atoms in total. The van der Waals surface area contributed by atoms with Crippen LogP contribution in [0.25, 0.3) is 10.9 Å². The fourth-order valence-electron chi connectivity index (χ4n) is 3.06. The molecule has 0 aliphatic carbocycles. The van der Waals surface area contributed by atoms with Crippen LogP contribution in [0, 0.1) is 12.7 Å². The van der Waals surface area contributed by atoms with Crippen LogP contribution >= 0.6 is 11.8 Å². The fraction of sp³-hybridized carbons (Fsp3) is 0.0870. The van der Waals surface area contributed by atoms with Gasteiger partial charge in [-0.1, -0.05) is 23.4 Å². The first-order valence-corrected chi connectivity index (χ1v) is 11.4. The summed E-state index contributed by atoms with van der Waals surface area (Å²) in [4.78, 5) is 5.94. The second kappa shape index (κ2) is 8.08. The topological polar surface area (TPSA) is 56.3 Å². The second-order valence-electron chi connectivity index (χ2n) is 6.71. The lowest BCUT2D eigenvalue weighted by Gasteiger charge is -2.14. The third-order valence-electron chi connectivity index (χ3n) is 4.63. The molecule has 152 valence electrons. The van der Waals surface area contributed by atoms with Crippen molar-refractivity contribution in [2.24, 2.45) is 0 Å². The van der Waals surface area contributed by atoms with E-state index in [1.807, 2.05) is 25.1 Å². The molecule has 3 aromatic carbocycles. The molecule has 0 spiro atoms. The van der Waals surface area contributed by atoms with Crippen LogP contribution in [-0.2, 0) is 9.84 Å². The van der Waals surface area contributed by atoms with Gasteiger partial charge in [-0.3, -0.25) is 4.98 Å². The molecule has 0 saturated heterocycles. The van der Waals surface area contributed by atoms with E-state index >= 15 is 0 Å². The number of sulfone groups is 1. The number of methoxy groups -OCH3 is 1. The van der Waals surface area contributed by atoms with Gasteiger partial charge in [0.15, 0.2) is 0 Å². The number of halogens is 1. The van der Waals surface area contributed by atoms with Gasteiger partial charge < -0.3 is 4.74 Å². The van der Waals surface area contributed by atoms with Crippen LogP contribution < -0.4 is 4.74 Å². The quantitative estimate of drug-likeness (QED) is 0.401. The van der Waals surface area contributed by atoms with Crippen LogP contribution in [0.15, 0.2) is 92.5 Å². The predicted molar refractivity (Wildman–Crippen MR) is 115 cm³/mol. The highest BCUT2D eigenvalue weighted by atomic mass is 32.2. The largest absolute Gasteiger partial charge is 0.497 e. The Morgan fingerprint density at radius 3 is 2.33 bits per heavy atom. The number of rotatable bonds is 5. The third-order valence-corrected chi connectivity index (χ3v) is 7.70. The molecule has 4 rings (SSSR count). The molecule has 30 heavy (non-hydrogen) atoms. The summed E-state index contributed by atoms with van der Waals surface area (Å²) in [5, 5.41) is 0.735. The van der Waals surface area contributed by atoms with Gasteiger partial charge in [0.1, 0.15) is 16.5 Å². The minimum Gasteiger partial charge on any atom is -0.497 e. The van der Waals surface area contributed by atoms with Gasteiger partial charge in [-0.2, -0.15) is 0 Å². The standard InChI is InChI=1S/C23H18FNO3S2/c1-15-3-12-21-20(13-15)23(29-18-8-4-16(24)5-9-18)22(14-25-21)30(26,27)19-10-6-17(28-2)7-11-19/h3-14H,1-2H3. The van der Waals surface area contributed by atoms with Crippen molar-refractivity contribution in [1.82, 2.24) is 4.98 Å².